The fourth-order valence-corrected chi connectivity index (χ4v) is 1.99. The number of fused-ring (bicyclic) bond motifs is 1. The zero-order valence-corrected chi connectivity index (χ0v) is 13.2. The van der Waals surface area contributed by atoms with Crippen molar-refractivity contribution in [3.63, 3.8) is 0 Å². The van der Waals surface area contributed by atoms with Gasteiger partial charge in [0.15, 0.2) is 5.52 Å². The number of carbonyl (C=O) groups excluding carboxylic acids is 1. The highest BCUT2D eigenvalue weighted by molar-refractivity contribution is 6.28. The molecule has 0 bridgehead atoms. The van der Waals surface area contributed by atoms with E-state index in [0.29, 0.717) is 5.69 Å². The predicted molar refractivity (Wildman–Crippen MR) is 84.6 cm³/mol. The van der Waals surface area contributed by atoms with Crippen LogP contribution < -0.4 is 10.1 Å². The van der Waals surface area contributed by atoms with E-state index in [1.807, 2.05) is 19.9 Å². The van der Waals surface area contributed by atoms with Crippen molar-refractivity contribution >= 4 is 34.5 Å². The fourth-order valence-electron chi connectivity index (χ4n) is 1.83. The summed E-state index contributed by atoms with van der Waals surface area (Å²) < 4.78 is 5.20. The zero-order valence-electron chi connectivity index (χ0n) is 12.4. The van der Waals surface area contributed by atoms with Crippen LogP contribution in [-0.2, 0) is 0 Å². The molecule has 0 aliphatic rings. The number of ether oxygens (including phenoxy) is 1. The summed E-state index contributed by atoms with van der Waals surface area (Å²) in [5.74, 6) is -0.0414. The molecule has 0 atom stereocenters. The molecule has 0 aliphatic carbocycles. The number of benzene rings is 1. The molecule has 0 unspecified atom stereocenters. The van der Waals surface area contributed by atoms with Crippen LogP contribution in [0.1, 0.15) is 19.9 Å². The van der Waals surface area contributed by atoms with Gasteiger partial charge in [0, 0.05) is 5.69 Å². The Kier molecular flexibility index (Phi) is 4.07. The highest BCUT2D eigenvalue weighted by atomic mass is 35.5. The lowest BCUT2D eigenvalue weighted by atomic mass is 10.3. The van der Waals surface area contributed by atoms with Crippen molar-refractivity contribution < 1.29 is 9.53 Å². The maximum absolute atomic E-state index is 12.0. The van der Waals surface area contributed by atoms with Gasteiger partial charge in [-0.15, -0.1) is 10.2 Å². The van der Waals surface area contributed by atoms with Crippen molar-refractivity contribution in [3.8, 4) is 5.88 Å². The smallest absolute Gasteiger partial charge is 0.388 e. The number of nitrogens with one attached hydrogen (secondary N) is 1. The van der Waals surface area contributed by atoms with Gasteiger partial charge in [-0.25, -0.2) is 4.79 Å². The Hall–Kier alpha value is -2.74. The van der Waals surface area contributed by atoms with Crippen LogP contribution >= 0.6 is 11.6 Å². The van der Waals surface area contributed by atoms with E-state index in [0.717, 1.165) is 0 Å². The highest BCUT2D eigenvalue weighted by Gasteiger charge is 2.18. The molecule has 23 heavy (non-hydrogen) atoms. The van der Waals surface area contributed by atoms with E-state index in [4.69, 9.17) is 16.3 Å². The molecular formula is C14H13ClN6O2. The Balaban J connectivity index is 1.88. The minimum atomic E-state index is -0.702. The topological polar surface area (TPSA) is 94.8 Å². The summed E-state index contributed by atoms with van der Waals surface area (Å²) in [7, 11) is 0. The Morgan fingerprint density at radius 1 is 1.22 bits per heavy atom. The first-order valence-electron chi connectivity index (χ1n) is 6.87. The van der Waals surface area contributed by atoms with Crippen LogP contribution in [0.4, 0.5) is 10.5 Å². The molecule has 0 radical (unpaired) electrons. The summed E-state index contributed by atoms with van der Waals surface area (Å²) in [6.45, 7) is 3.83. The van der Waals surface area contributed by atoms with Gasteiger partial charge >= 0.3 is 6.09 Å². The molecule has 0 saturated heterocycles. The highest BCUT2D eigenvalue weighted by Crippen LogP contribution is 2.22. The number of para-hydroxylation sites is 1. The standard InChI is InChI=1S/C14H13ClN6O2/c1-8(2)21-19-10-11(20-21)17-13(15)18-12(10)23-14(22)16-9-6-4-3-5-7-9/h3-8H,1-2H3,(H,16,22). The van der Waals surface area contributed by atoms with Crippen molar-refractivity contribution in [2.24, 2.45) is 0 Å². The van der Waals surface area contributed by atoms with Crippen molar-refractivity contribution in [2.45, 2.75) is 19.9 Å². The van der Waals surface area contributed by atoms with Crippen molar-refractivity contribution in [3.05, 3.63) is 35.6 Å². The average molecular weight is 333 g/mol. The molecule has 0 aliphatic heterocycles. The van der Waals surface area contributed by atoms with E-state index in [1.165, 1.54) is 4.80 Å². The van der Waals surface area contributed by atoms with Gasteiger partial charge in [0.25, 0.3) is 5.88 Å². The molecule has 118 valence electrons. The van der Waals surface area contributed by atoms with Gasteiger partial charge in [-0.2, -0.15) is 14.8 Å². The van der Waals surface area contributed by atoms with Crippen LogP contribution in [0.3, 0.4) is 0 Å². The van der Waals surface area contributed by atoms with Crippen LogP contribution in [0.5, 0.6) is 5.88 Å². The Labute approximate surface area is 136 Å². The SMILES string of the molecule is CC(C)n1nc2nc(Cl)nc(OC(=O)Nc3ccccc3)c2n1. The summed E-state index contributed by atoms with van der Waals surface area (Å²) in [4.78, 5) is 21.3. The molecule has 0 fully saturated rings. The first-order valence-corrected chi connectivity index (χ1v) is 7.24. The molecule has 3 rings (SSSR count). The number of amides is 1. The van der Waals surface area contributed by atoms with E-state index in [1.54, 1.807) is 24.3 Å². The predicted octanol–water partition coefficient (Wildman–Crippen LogP) is 3.07. The van der Waals surface area contributed by atoms with Crippen molar-refractivity contribution in [1.29, 1.82) is 0 Å². The molecule has 0 spiro atoms. The number of aromatic nitrogens is 5. The van der Waals surface area contributed by atoms with Crippen LogP contribution in [0.15, 0.2) is 30.3 Å². The minimum absolute atomic E-state index is 0.0222. The van der Waals surface area contributed by atoms with Crippen LogP contribution in [0.25, 0.3) is 11.2 Å². The van der Waals surface area contributed by atoms with Gasteiger partial charge in [-0.3, -0.25) is 5.32 Å². The molecule has 1 N–H and O–H groups in total. The normalized spacial score (nSPS) is 11.0. The molecule has 2 heterocycles. The number of nitrogens with zero attached hydrogens (tertiary/aromatic N) is 5. The monoisotopic (exact) mass is 332 g/mol. The number of carbonyl (C=O) groups is 1. The maximum atomic E-state index is 12.0. The molecule has 1 aromatic carbocycles. The quantitative estimate of drug-likeness (QED) is 0.741. The summed E-state index contributed by atoms with van der Waals surface area (Å²) in [6, 6.07) is 8.92. The number of hydrogen-bond donors (Lipinski definition) is 1. The van der Waals surface area contributed by atoms with Crippen molar-refractivity contribution in [1.82, 2.24) is 25.0 Å². The van der Waals surface area contributed by atoms with Crippen LogP contribution in [-0.4, -0.2) is 31.1 Å². The van der Waals surface area contributed by atoms with Gasteiger partial charge < -0.3 is 4.74 Å². The van der Waals surface area contributed by atoms with E-state index in [-0.39, 0.29) is 28.4 Å². The minimum Gasteiger partial charge on any atom is -0.388 e. The van der Waals surface area contributed by atoms with Crippen molar-refractivity contribution in [2.75, 3.05) is 5.32 Å². The summed E-state index contributed by atoms with van der Waals surface area (Å²) in [5.41, 5.74) is 1.13. The third-order valence-electron chi connectivity index (χ3n) is 2.88. The summed E-state index contributed by atoms with van der Waals surface area (Å²) in [5, 5.41) is 10.9. The van der Waals surface area contributed by atoms with Crippen LogP contribution in [0, 0.1) is 0 Å². The lowest BCUT2D eigenvalue weighted by molar-refractivity contribution is 0.214. The molecule has 0 saturated carbocycles. The first-order chi connectivity index (χ1) is 11.0. The van der Waals surface area contributed by atoms with E-state index in [2.05, 4.69) is 25.5 Å². The Morgan fingerprint density at radius 3 is 2.65 bits per heavy atom. The lowest BCUT2D eigenvalue weighted by Gasteiger charge is -2.05. The average Bonchev–Trinajstić information content (AvgIpc) is 2.92. The molecule has 9 heteroatoms. The summed E-state index contributed by atoms with van der Waals surface area (Å²) >= 11 is 5.85. The van der Waals surface area contributed by atoms with E-state index < -0.39 is 6.09 Å². The number of halogens is 1. The largest absolute Gasteiger partial charge is 0.418 e. The lowest BCUT2D eigenvalue weighted by Crippen LogP contribution is -2.17. The zero-order chi connectivity index (χ0) is 16.4. The third kappa shape index (κ3) is 3.37. The number of rotatable bonds is 3. The van der Waals surface area contributed by atoms with E-state index in [9.17, 15) is 4.79 Å². The molecular weight excluding hydrogens is 320 g/mol. The second kappa shape index (κ2) is 6.17. The van der Waals surface area contributed by atoms with E-state index >= 15 is 0 Å². The maximum Gasteiger partial charge on any atom is 0.418 e. The molecule has 3 aromatic rings. The Bertz CT molecular complexity index is 849. The second-order valence-electron chi connectivity index (χ2n) is 4.96. The fraction of sp³-hybridized carbons (Fsp3) is 0.214. The second-order valence-corrected chi connectivity index (χ2v) is 5.30. The van der Waals surface area contributed by atoms with Gasteiger partial charge in [0.2, 0.25) is 10.9 Å². The molecule has 1 amide bonds. The van der Waals surface area contributed by atoms with Crippen LogP contribution in [0.2, 0.25) is 5.28 Å². The molecule has 2 aromatic heterocycles. The van der Waals surface area contributed by atoms with Gasteiger partial charge in [-0.05, 0) is 37.6 Å². The summed E-state index contributed by atoms with van der Waals surface area (Å²) in [6.07, 6.45) is -0.702. The first kappa shape index (κ1) is 15.2. The number of anilines is 1. The Morgan fingerprint density at radius 2 is 1.96 bits per heavy atom. The molecule has 8 nitrogen and oxygen atoms in total. The van der Waals surface area contributed by atoms with Gasteiger partial charge in [-0.1, -0.05) is 18.2 Å². The van der Waals surface area contributed by atoms with Gasteiger partial charge in [0.1, 0.15) is 0 Å². The van der Waals surface area contributed by atoms with Gasteiger partial charge in [0.05, 0.1) is 6.04 Å². The third-order valence-corrected chi connectivity index (χ3v) is 3.05. The number of hydrogen-bond acceptors (Lipinski definition) is 6.